The van der Waals surface area contributed by atoms with Crippen LogP contribution in [-0.4, -0.2) is 4.98 Å². The number of hydrogen-bond donors (Lipinski definition) is 0. The van der Waals surface area contributed by atoms with Gasteiger partial charge in [0, 0.05) is 20.9 Å². The Morgan fingerprint density at radius 3 is 1.73 bits per heavy atom. The first-order valence-corrected chi connectivity index (χ1v) is 8.27. The van der Waals surface area contributed by atoms with Gasteiger partial charge in [0.1, 0.15) is 0 Å². The van der Waals surface area contributed by atoms with E-state index in [1.54, 1.807) is 22.6 Å². The lowest BCUT2D eigenvalue weighted by atomic mass is 10.0. The summed E-state index contributed by atoms with van der Waals surface area (Å²) in [7, 11) is 0. The number of nitrogens with zero attached hydrogens (tertiary/aromatic N) is 1. The predicted octanol–water partition coefficient (Wildman–Crippen LogP) is 7.64. The topological polar surface area (TPSA) is 12.9 Å². The molecule has 0 amide bonds. The molecule has 0 radical (unpaired) electrons. The number of benzene rings is 1. The van der Waals surface area contributed by atoms with Crippen molar-refractivity contribution in [3.8, 4) is 11.1 Å². The molecule has 0 aliphatic rings. The molecule has 0 saturated carbocycles. The van der Waals surface area contributed by atoms with Crippen LogP contribution in [0, 0.1) is 3.57 Å². The van der Waals surface area contributed by atoms with Gasteiger partial charge in [-0.05, 0) is 28.7 Å². The zero-order valence-corrected chi connectivity index (χ0v) is 15.9. The fraction of sp³-hybridized carbons (Fsp3) is 0.0833. The maximum absolute atomic E-state index is 13.2. The summed E-state index contributed by atoms with van der Waals surface area (Å²) in [4.78, 5) is 3.38. The minimum Gasteiger partial charge on any atom is -0.251 e. The molecule has 0 atom stereocenters. The summed E-state index contributed by atoms with van der Waals surface area (Å²) in [6.07, 6.45) is -3.67. The molecule has 1 heterocycles. The van der Waals surface area contributed by atoms with E-state index >= 15 is 0 Å². The SMILES string of the molecule is FC(F)(F)c1nccc(I)c1-c1c(Cl)c(Cl)c(Cl)c(Cl)c1Cl. The second kappa shape index (κ2) is 6.69. The van der Waals surface area contributed by atoms with Crippen LogP contribution >= 0.6 is 80.6 Å². The molecule has 0 fully saturated rings. The normalized spacial score (nSPS) is 11.9. The van der Waals surface area contributed by atoms with Crippen molar-refractivity contribution in [3.05, 3.63) is 46.6 Å². The molecular formula is C12H2Cl5F3IN. The van der Waals surface area contributed by atoms with Crippen LogP contribution in [0.25, 0.3) is 11.1 Å². The Bertz CT molecular complexity index is 734. The highest BCUT2D eigenvalue weighted by atomic mass is 127. The highest BCUT2D eigenvalue weighted by molar-refractivity contribution is 14.1. The van der Waals surface area contributed by atoms with Crippen molar-refractivity contribution in [2.45, 2.75) is 6.18 Å². The maximum atomic E-state index is 13.2. The molecule has 2 aromatic rings. The van der Waals surface area contributed by atoms with Crippen LogP contribution in [0.1, 0.15) is 5.69 Å². The van der Waals surface area contributed by atoms with Crippen molar-refractivity contribution >= 4 is 80.6 Å². The van der Waals surface area contributed by atoms with E-state index in [0.717, 1.165) is 6.20 Å². The van der Waals surface area contributed by atoms with Crippen molar-refractivity contribution in [2.24, 2.45) is 0 Å². The van der Waals surface area contributed by atoms with E-state index in [-0.39, 0.29) is 39.8 Å². The minimum atomic E-state index is -4.71. The molecule has 1 nitrogen and oxygen atoms in total. The number of pyridine rings is 1. The van der Waals surface area contributed by atoms with Crippen molar-refractivity contribution in [1.29, 1.82) is 0 Å². The van der Waals surface area contributed by atoms with Crippen LogP contribution in [0.5, 0.6) is 0 Å². The Kier molecular flexibility index (Phi) is 5.68. The monoisotopic (exact) mass is 519 g/mol. The van der Waals surface area contributed by atoms with Crippen LogP contribution in [-0.2, 0) is 6.18 Å². The molecule has 1 aromatic carbocycles. The van der Waals surface area contributed by atoms with Crippen molar-refractivity contribution in [1.82, 2.24) is 4.98 Å². The summed E-state index contributed by atoms with van der Waals surface area (Å²) in [5.41, 5.74) is -1.60. The summed E-state index contributed by atoms with van der Waals surface area (Å²) in [5, 5.41) is -0.939. The Labute approximate surface area is 161 Å². The Hall–Kier alpha value is 0.340. The standard InChI is InChI=1S/C12H2Cl5F3IN/c13-6-5(7(14)9(16)10(17)8(6)15)4-3(21)1-2-22-11(4)12(18,19)20/h1-2H. The van der Waals surface area contributed by atoms with Gasteiger partial charge < -0.3 is 0 Å². The second-order valence-electron chi connectivity index (χ2n) is 3.96. The third-order valence-corrected chi connectivity index (χ3v) is 5.80. The molecule has 0 saturated heterocycles. The molecule has 2 rings (SSSR count). The molecule has 0 unspecified atom stereocenters. The average Bonchev–Trinajstić information content (AvgIpc) is 2.43. The molecular weight excluding hydrogens is 519 g/mol. The summed E-state index contributed by atoms with van der Waals surface area (Å²) in [6, 6.07) is 1.38. The minimum absolute atomic E-state index is 0.130. The van der Waals surface area contributed by atoms with Gasteiger partial charge in [-0.3, -0.25) is 4.98 Å². The zero-order chi connectivity index (χ0) is 16.8. The van der Waals surface area contributed by atoms with E-state index in [1.165, 1.54) is 6.07 Å². The van der Waals surface area contributed by atoms with Gasteiger partial charge in [-0.25, -0.2) is 0 Å². The van der Waals surface area contributed by atoms with Gasteiger partial charge in [0.25, 0.3) is 0 Å². The van der Waals surface area contributed by atoms with Crippen LogP contribution < -0.4 is 0 Å². The van der Waals surface area contributed by atoms with Gasteiger partial charge in [0.2, 0.25) is 0 Å². The van der Waals surface area contributed by atoms with E-state index in [1.807, 2.05) is 0 Å². The number of aromatic nitrogens is 1. The lowest BCUT2D eigenvalue weighted by molar-refractivity contribution is -0.140. The van der Waals surface area contributed by atoms with E-state index in [2.05, 4.69) is 4.98 Å². The molecule has 118 valence electrons. The number of rotatable bonds is 1. The van der Waals surface area contributed by atoms with Crippen LogP contribution in [0.3, 0.4) is 0 Å². The fourth-order valence-corrected chi connectivity index (χ4v) is 3.73. The summed E-state index contributed by atoms with van der Waals surface area (Å²) in [5.74, 6) is 0. The van der Waals surface area contributed by atoms with Gasteiger partial charge in [0.05, 0.1) is 25.1 Å². The number of alkyl halides is 3. The predicted molar refractivity (Wildman–Crippen MR) is 92.4 cm³/mol. The van der Waals surface area contributed by atoms with E-state index in [0.29, 0.717) is 0 Å². The third kappa shape index (κ3) is 3.26. The van der Waals surface area contributed by atoms with Gasteiger partial charge in [-0.1, -0.05) is 58.0 Å². The van der Waals surface area contributed by atoms with Gasteiger partial charge >= 0.3 is 6.18 Å². The lowest BCUT2D eigenvalue weighted by Crippen LogP contribution is -2.11. The van der Waals surface area contributed by atoms with Gasteiger partial charge in [-0.2, -0.15) is 13.2 Å². The molecule has 10 heteroatoms. The Morgan fingerprint density at radius 1 is 0.818 bits per heavy atom. The van der Waals surface area contributed by atoms with Crippen molar-refractivity contribution in [3.63, 3.8) is 0 Å². The Morgan fingerprint density at radius 2 is 1.27 bits per heavy atom. The maximum Gasteiger partial charge on any atom is 0.433 e. The molecule has 0 N–H and O–H groups in total. The highest BCUT2D eigenvalue weighted by Crippen LogP contribution is 2.51. The third-order valence-electron chi connectivity index (χ3n) is 2.63. The van der Waals surface area contributed by atoms with Crippen LogP contribution in [0.15, 0.2) is 12.3 Å². The smallest absolute Gasteiger partial charge is 0.251 e. The molecule has 22 heavy (non-hydrogen) atoms. The molecule has 0 bridgehead atoms. The van der Waals surface area contributed by atoms with Crippen LogP contribution in [0.2, 0.25) is 25.1 Å². The Balaban J connectivity index is 2.96. The molecule has 0 aliphatic heterocycles. The molecule has 0 spiro atoms. The lowest BCUT2D eigenvalue weighted by Gasteiger charge is -2.18. The van der Waals surface area contributed by atoms with Gasteiger partial charge in [0.15, 0.2) is 5.69 Å². The quantitative estimate of drug-likeness (QED) is 0.214. The van der Waals surface area contributed by atoms with E-state index < -0.39 is 11.9 Å². The number of hydrogen-bond acceptors (Lipinski definition) is 1. The zero-order valence-electron chi connectivity index (χ0n) is 10.0. The summed E-state index contributed by atoms with van der Waals surface area (Å²) < 4.78 is 39.9. The number of halogens is 9. The first-order chi connectivity index (χ1) is 10.1. The van der Waals surface area contributed by atoms with Gasteiger partial charge in [-0.15, -0.1) is 0 Å². The van der Waals surface area contributed by atoms with Crippen molar-refractivity contribution in [2.75, 3.05) is 0 Å². The van der Waals surface area contributed by atoms with E-state index in [4.69, 9.17) is 58.0 Å². The summed E-state index contributed by atoms with van der Waals surface area (Å²) >= 11 is 31.5. The second-order valence-corrected chi connectivity index (χ2v) is 7.01. The molecule has 0 aliphatic carbocycles. The molecule has 1 aromatic heterocycles. The van der Waals surface area contributed by atoms with Crippen molar-refractivity contribution < 1.29 is 13.2 Å². The first kappa shape index (κ1) is 18.7. The summed E-state index contributed by atoms with van der Waals surface area (Å²) in [6.45, 7) is 0. The fourth-order valence-electron chi connectivity index (χ4n) is 1.72. The average molecular weight is 521 g/mol. The van der Waals surface area contributed by atoms with E-state index in [9.17, 15) is 13.2 Å². The largest absolute Gasteiger partial charge is 0.433 e. The highest BCUT2D eigenvalue weighted by Gasteiger charge is 2.38. The first-order valence-electron chi connectivity index (χ1n) is 5.30. The van der Waals surface area contributed by atoms with Crippen LogP contribution in [0.4, 0.5) is 13.2 Å².